The van der Waals surface area contributed by atoms with Crippen molar-refractivity contribution in [3.05, 3.63) is 71.4 Å². The average molecular weight is 385 g/mol. The van der Waals surface area contributed by atoms with Gasteiger partial charge in [-0.05, 0) is 36.2 Å². The van der Waals surface area contributed by atoms with Gasteiger partial charge in [0.05, 0.1) is 5.69 Å². The Morgan fingerprint density at radius 1 is 1.21 bits per heavy atom. The topological polar surface area (TPSA) is 127 Å². The Kier molecular flexibility index (Phi) is 5.90. The number of nitrogens with one attached hydrogen (secondary N) is 3. The van der Waals surface area contributed by atoms with E-state index in [9.17, 15) is 10.1 Å². The minimum absolute atomic E-state index is 0.0330. The molecule has 3 N–H and O–H groups in total. The predicted octanol–water partition coefficient (Wildman–Crippen LogP) is 3.86. The molecular weight excluding hydrogens is 366 g/mol. The second kappa shape index (κ2) is 8.71. The lowest BCUT2D eigenvalue weighted by atomic mass is 9.95. The van der Waals surface area contributed by atoms with Crippen molar-refractivity contribution < 1.29 is 4.79 Å². The van der Waals surface area contributed by atoms with E-state index in [1.807, 2.05) is 19.9 Å². The van der Waals surface area contributed by atoms with Gasteiger partial charge in [-0.25, -0.2) is 15.0 Å². The van der Waals surface area contributed by atoms with Gasteiger partial charge >= 0.3 is 0 Å². The summed E-state index contributed by atoms with van der Waals surface area (Å²) in [6.45, 7) is 3.83. The second-order valence-corrected chi connectivity index (χ2v) is 6.51. The molecule has 144 valence electrons. The SMILES string of the molecule is CC(C)c1c(C(=O)Nc2ccc(C=N)c(Nc3ccncn3)c2)ccnc1C#N. The number of hydrogen-bond acceptors (Lipinski definition) is 7. The number of amides is 1. The van der Waals surface area contributed by atoms with E-state index < -0.39 is 0 Å². The number of hydrogen-bond donors (Lipinski definition) is 3. The predicted molar refractivity (Wildman–Crippen MR) is 111 cm³/mol. The number of benzene rings is 1. The zero-order valence-corrected chi connectivity index (χ0v) is 16.0. The summed E-state index contributed by atoms with van der Waals surface area (Å²) in [6.07, 6.45) is 5.70. The molecule has 8 nitrogen and oxygen atoms in total. The number of aromatic nitrogens is 3. The number of carbonyl (C=O) groups excluding carboxylic acids is 1. The largest absolute Gasteiger partial charge is 0.340 e. The molecule has 0 fully saturated rings. The maximum atomic E-state index is 12.9. The van der Waals surface area contributed by atoms with Crippen LogP contribution in [0.15, 0.2) is 49.1 Å². The Balaban J connectivity index is 1.91. The number of rotatable bonds is 6. The molecule has 0 bridgehead atoms. The van der Waals surface area contributed by atoms with Crippen molar-refractivity contribution in [2.75, 3.05) is 10.6 Å². The van der Waals surface area contributed by atoms with E-state index in [1.165, 1.54) is 18.7 Å². The first-order chi connectivity index (χ1) is 14.0. The minimum Gasteiger partial charge on any atom is -0.340 e. The third-order valence-electron chi connectivity index (χ3n) is 4.23. The standard InChI is InChI=1S/C21H19N7O/c1-13(2)20-16(5-8-25-18(20)11-23)21(29)27-15-4-3-14(10-22)17(9-15)28-19-6-7-24-12-26-19/h3-10,12-13,22H,1-2H3,(H,27,29)(H,24,26,28). The van der Waals surface area contributed by atoms with Crippen LogP contribution in [0.2, 0.25) is 0 Å². The van der Waals surface area contributed by atoms with Crippen LogP contribution in [0.25, 0.3) is 0 Å². The normalized spacial score (nSPS) is 10.3. The zero-order valence-electron chi connectivity index (χ0n) is 16.0. The molecule has 0 spiro atoms. The van der Waals surface area contributed by atoms with E-state index >= 15 is 0 Å². The van der Waals surface area contributed by atoms with Crippen molar-refractivity contribution in [3.8, 4) is 6.07 Å². The summed E-state index contributed by atoms with van der Waals surface area (Å²) in [7, 11) is 0. The van der Waals surface area contributed by atoms with Crippen LogP contribution in [-0.2, 0) is 0 Å². The lowest BCUT2D eigenvalue weighted by molar-refractivity contribution is 0.102. The number of nitrogens with zero attached hydrogens (tertiary/aromatic N) is 4. The summed E-state index contributed by atoms with van der Waals surface area (Å²) in [5.41, 5.74) is 3.07. The molecular formula is C21H19N7O. The molecule has 29 heavy (non-hydrogen) atoms. The van der Waals surface area contributed by atoms with Crippen molar-refractivity contribution in [2.45, 2.75) is 19.8 Å². The highest BCUT2D eigenvalue weighted by Crippen LogP contribution is 2.26. The summed E-state index contributed by atoms with van der Waals surface area (Å²) in [5, 5.41) is 22.9. The lowest BCUT2D eigenvalue weighted by Crippen LogP contribution is -2.16. The van der Waals surface area contributed by atoms with Gasteiger partial charge < -0.3 is 16.0 Å². The van der Waals surface area contributed by atoms with Crippen LogP contribution in [-0.4, -0.2) is 27.1 Å². The molecule has 0 saturated carbocycles. The van der Waals surface area contributed by atoms with E-state index in [1.54, 1.807) is 36.5 Å². The summed E-state index contributed by atoms with van der Waals surface area (Å²) in [5.74, 6) is 0.207. The van der Waals surface area contributed by atoms with Crippen molar-refractivity contribution in [2.24, 2.45) is 0 Å². The van der Waals surface area contributed by atoms with Crippen molar-refractivity contribution in [1.29, 1.82) is 10.7 Å². The fraction of sp³-hybridized carbons (Fsp3) is 0.143. The summed E-state index contributed by atoms with van der Waals surface area (Å²) < 4.78 is 0. The number of carbonyl (C=O) groups is 1. The monoisotopic (exact) mass is 385 g/mol. The summed E-state index contributed by atoms with van der Waals surface area (Å²) >= 11 is 0. The third-order valence-corrected chi connectivity index (χ3v) is 4.23. The van der Waals surface area contributed by atoms with E-state index in [0.29, 0.717) is 33.9 Å². The van der Waals surface area contributed by atoms with Crippen LogP contribution < -0.4 is 10.6 Å². The molecule has 0 unspecified atom stereocenters. The molecule has 3 aromatic rings. The van der Waals surface area contributed by atoms with Crippen molar-refractivity contribution in [1.82, 2.24) is 15.0 Å². The van der Waals surface area contributed by atoms with Crippen LogP contribution in [0.1, 0.15) is 46.9 Å². The Bertz CT molecular complexity index is 1090. The average Bonchev–Trinajstić information content (AvgIpc) is 2.74. The Labute approximate surface area is 168 Å². The van der Waals surface area contributed by atoms with Crippen LogP contribution in [0.4, 0.5) is 17.2 Å². The first-order valence-electron chi connectivity index (χ1n) is 8.91. The van der Waals surface area contributed by atoms with Crippen LogP contribution in [0.3, 0.4) is 0 Å². The smallest absolute Gasteiger partial charge is 0.256 e. The first kappa shape index (κ1) is 19.6. The molecule has 0 radical (unpaired) electrons. The fourth-order valence-electron chi connectivity index (χ4n) is 2.91. The highest BCUT2D eigenvalue weighted by molar-refractivity contribution is 6.06. The Morgan fingerprint density at radius 2 is 2.03 bits per heavy atom. The number of anilines is 3. The maximum Gasteiger partial charge on any atom is 0.256 e. The van der Waals surface area contributed by atoms with E-state index in [0.717, 1.165) is 0 Å². The van der Waals surface area contributed by atoms with Gasteiger partial charge in [0.15, 0.2) is 0 Å². The molecule has 0 aliphatic carbocycles. The van der Waals surface area contributed by atoms with E-state index in [-0.39, 0.29) is 17.5 Å². The fourth-order valence-corrected chi connectivity index (χ4v) is 2.91. The third kappa shape index (κ3) is 4.42. The van der Waals surface area contributed by atoms with Crippen molar-refractivity contribution in [3.63, 3.8) is 0 Å². The minimum atomic E-state index is -0.330. The first-order valence-corrected chi connectivity index (χ1v) is 8.91. The van der Waals surface area contributed by atoms with Gasteiger partial charge in [-0.3, -0.25) is 4.79 Å². The van der Waals surface area contributed by atoms with Gasteiger partial charge in [0.25, 0.3) is 5.91 Å². The molecule has 0 aliphatic heterocycles. The zero-order chi connectivity index (χ0) is 20.8. The molecule has 0 atom stereocenters. The molecule has 0 saturated heterocycles. The van der Waals surface area contributed by atoms with Crippen LogP contribution >= 0.6 is 0 Å². The molecule has 1 aromatic carbocycles. The molecule has 3 rings (SSSR count). The highest BCUT2D eigenvalue weighted by atomic mass is 16.1. The Hall–Kier alpha value is -4.12. The van der Waals surface area contributed by atoms with Gasteiger partial charge in [-0.15, -0.1) is 0 Å². The van der Waals surface area contributed by atoms with Gasteiger partial charge in [0.2, 0.25) is 0 Å². The molecule has 1 amide bonds. The number of pyridine rings is 1. The number of nitriles is 1. The lowest BCUT2D eigenvalue weighted by Gasteiger charge is -2.15. The highest BCUT2D eigenvalue weighted by Gasteiger charge is 2.19. The molecule has 0 aliphatic rings. The van der Waals surface area contributed by atoms with E-state index in [2.05, 4.69) is 25.6 Å². The van der Waals surface area contributed by atoms with Gasteiger partial charge in [-0.1, -0.05) is 13.8 Å². The Morgan fingerprint density at radius 3 is 2.69 bits per heavy atom. The molecule has 2 aromatic heterocycles. The van der Waals surface area contributed by atoms with Crippen LogP contribution in [0.5, 0.6) is 0 Å². The van der Waals surface area contributed by atoms with Gasteiger partial charge in [0, 0.05) is 41.0 Å². The summed E-state index contributed by atoms with van der Waals surface area (Å²) in [6, 6.07) is 10.5. The molecule has 8 heteroatoms. The molecule has 2 heterocycles. The maximum absolute atomic E-state index is 12.9. The van der Waals surface area contributed by atoms with Crippen molar-refractivity contribution >= 4 is 29.3 Å². The van der Waals surface area contributed by atoms with Gasteiger partial charge in [-0.2, -0.15) is 5.26 Å². The van der Waals surface area contributed by atoms with Crippen LogP contribution in [0, 0.1) is 16.7 Å². The quantitative estimate of drug-likeness (QED) is 0.553. The van der Waals surface area contributed by atoms with E-state index in [4.69, 9.17) is 5.41 Å². The van der Waals surface area contributed by atoms with Gasteiger partial charge in [0.1, 0.15) is 23.9 Å². The summed E-state index contributed by atoms with van der Waals surface area (Å²) in [4.78, 5) is 25.0. The second-order valence-electron chi connectivity index (χ2n) is 6.51.